The maximum absolute atomic E-state index is 13.2. The van der Waals surface area contributed by atoms with Crippen molar-refractivity contribution in [2.24, 2.45) is 0 Å². The highest BCUT2D eigenvalue weighted by molar-refractivity contribution is 5.94. The quantitative estimate of drug-likeness (QED) is 0.293. The van der Waals surface area contributed by atoms with E-state index in [9.17, 15) is 14.9 Å². The van der Waals surface area contributed by atoms with Gasteiger partial charge in [0, 0.05) is 23.3 Å². The summed E-state index contributed by atoms with van der Waals surface area (Å²) >= 11 is 0. The Morgan fingerprint density at radius 2 is 1.48 bits per heavy atom. The van der Waals surface area contributed by atoms with Crippen LogP contribution in [0, 0.1) is 10.1 Å². The molecule has 0 aromatic heterocycles. The van der Waals surface area contributed by atoms with Crippen LogP contribution in [0.25, 0.3) is 0 Å². The second-order valence-corrected chi connectivity index (χ2v) is 8.20. The Morgan fingerprint density at radius 1 is 0.909 bits per heavy atom. The second-order valence-electron chi connectivity index (χ2n) is 8.20. The number of hydrogen-bond acceptors (Lipinski definition) is 5. The Kier molecular flexibility index (Phi) is 5.05. The zero-order chi connectivity index (χ0) is 23.0. The van der Waals surface area contributed by atoms with Gasteiger partial charge < -0.3 is 9.47 Å². The minimum absolute atomic E-state index is 0.0181. The zero-order valence-electron chi connectivity index (χ0n) is 17.9. The molecular weight excluding hydrogens is 418 g/mol. The number of nitrogens with zero attached hydrogens (tertiary/aromatic N) is 1. The summed E-state index contributed by atoms with van der Waals surface area (Å²) in [6.45, 7) is 1.87. The third kappa shape index (κ3) is 3.59. The van der Waals surface area contributed by atoms with Gasteiger partial charge in [-0.3, -0.25) is 10.1 Å². The summed E-state index contributed by atoms with van der Waals surface area (Å²) < 4.78 is 12.5. The first-order valence-electron chi connectivity index (χ1n) is 10.6. The molecule has 0 aliphatic carbocycles. The third-order valence-corrected chi connectivity index (χ3v) is 6.13. The van der Waals surface area contributed by atoms with Gasteiger partial charge in [0.1, 0.15) is 11.9 Å². The lowest BCUT2D eigenvalue weighted by molar-refractivity contribution is -0.384. The SMILES string of the molecule is CC1=CC2=C(CC(c3ccccc3)(c3ccccc3)OC2=O)OC1c1ccc([N+](=O)[O-])cc1. The molecule has 6 heteroatoms. The van der Waals surface area contributed by atoms with Gasteiger partial charge in [-0.2, -0.15) is 0 Å². The van der Waals surface area contributed by atoms with Gasteiger partial charge in [0.25, 0.3) is 5.69 Å². The monoisotopic (exact) mass is 439 g/mol. The molecule has 0 bridgehead atoms. The molecule has 3 aromatic rings. The van der Waals surface area contributed by atoms with Crippen molar-refractivity contribution in [3.8, 4) is 0 Å². The fraction of sp³-hybridized carbons (Fsp3) is 0.148. The fourth-order valence-corrected chi connectivity index (χ4v) is 4.47. The van der Waals surface area contributed by atoms with Crippen molar-refractivity contribution in [2.45, 2.75) is 25.0 Å². The minimum atomic E-state index is -1.02. The van der Waals surface area contributed by atoms with Gasteiger partial charge in [-0.25, -0.2) is 4.79 Å². The van der Waals surface area contributed by atoms with Crippen LogP contribution in [-0.4, -0.2) is 10.9 Å². The molecule has 6 nitrogen and oxygen atoms in total. The molecular formula is C27H21NO5. The van der Waals surface area contributed by atoms with E-state index in [1.165, 1.54) is 12.1 Å². The van der Waals surface area contributed by atoms with Gasteiger partial charge in [-0.05, 0) is 36.3 Å². The Hall–Kier alpha value is -4.19. The van der Waals surface area contributed by atoms with Crippen molar-refractivity contribution < 1.29 is 19.2 Å². The van der Waals surface area contributed by atoms with E-state index in [0.717, 1.165) is 22.3 Å². The lowest BCUT2D eigenvalue weighted by atomic mass is 9.79. The van der Waals surface area contributed by atoms with Crippen molar-refractivity contribution in [1.29, 1.82) is 0 Å². The van der Waals surface area contributed by atoms with E-state index in [1.54, 1.807) is 18.2 Å². The number of cyclic esters (lactones) is 1. The van der Waals surface area contributed by atoms with Crippen LogP contribution >= 0.6 is 0 Å². The number of rotatable bonds is 4. The Labute approximate surface area is 190 Å². The number of non-ortho nitro benzene ring substituents is 1. The van der Waals surface area contributed by atoms with Crippen LogP contribution in [0.5, 0.6) is 0 Å². The van der Waals surface area contributed by atoms with Crippen LogP contribution in [-0.2, 0) is 19.9 Å². The predicted molar refractivity (Wildman–Crippen MR) is 122 cm³/mol. The van der Waals surface area contributed by atoms with Gasteiger partial charge >= 0.3 is 5.97 Å². The number of benzene rings is 3. The fourth-order valence-electron chi connectivity index (χ4n) is 4.47. The highest BCUT2D eigenvalue weighted by atomic mass is 16.6. The van der Waals surface area contributed by atoms with E-state index >= 15 is 0 Å². The highest BCUT2D eigenvalue weighted by Crippen LogP contribution is 2.48. The van der Waals surface area contributed by atoms with Gasteiger partial charge in [0.2, 0.25) is 0 Å². The maximum Gasteiger partial charge on any atom is 0.342 e. The number of hydrogen-bond donors (Lipinski definition) is 0. The standard InChI is InChI=1S/C27H21NO5/c1-18-16-23-24(32-25(18)19-12-14-22(15-13-19)28(30)31)17-27(33-26(23)29,20-8-4-2-5-9-20)21-10-6-3-7-11-21/h2-16,25H,17H2,1H3. The van der Waals surface area contributed by atoms with E-state index in [4.69, 9.17) is 9.47 Å². The lowest BCUT2D eigenvalue weighted by Crippen LogP contribution is -2.40. The number of carbonyl (C=O) groups is 1. The molecule has 2 heterocycles. The number of nitro benzene ring substituents is 1. The first-order chi connectivity index (χ1) is 16.0. The van der Waals surface area contributed by atoms with Crippen molar-refractivity contribution in [3.63, 3.8) is 0 Å². The Bertz CT molecular complexity index is 1240. The Balaban J connectivity index is 1.56. The molecule has 0 saturated heterocycles. The van der Waals surface area contributed by atoms with Crippen molar-refractivity contribution in [3.05, 3.63) is 135 Å². The third-order valence-electron chi connectivity index (χ3n) is 6.13. The molecule has 0 N–H and O–H groups in total. The van der Waals surface area contributed by atoms with Crippen LogP contribution in [0.3, 0.4) is 0 Å². The van der Waals surface area contributed by atoms with Gasteiger partial charge in [-0.1, -0.05) is 60.7 Å². The normalized spacial score (nSPS) is 19.1. The van der Waals surface area contributed by atoms with Crippen LogP contribution in [0.4, 0.5) is 5.69 Å². The van der Waals surface area contributed by atoms with Crippen LogP contribution in [0.2, 0.25) is 0 Å². The summed E-state index contributed by atoms with van der Waals surface area (Å²) in [5.74, 6) is 0.110. The number of nitro groups is 1. The smallest absolute Gasteiger partial charge is 0.342 e. The zero-order valence-corrected chi connectivity index (χ0v) is 17.9. The average Bonchev–Trinajstić information content (AvgIpc) is 2.85. The summed E-state index contributed by atoms with van der Waals surface area (Å²) in [4.78, 5) is 23.8. The van der Waals surface area contributed by atoms with E-state index < -0.39 is 22.6 Å². The van der Waals surface area contributed by atoms with Crippen LogP contribution < -0.4 is 0 Å². The van der Waals surface area contributed by atoms with Crippen LogP contribution in [0.1, 0.15) is 36.1 Å². The van der Waals surface area contributed by atoms with E-state index in [2.05, 4.69) is 0 Å². The van der Waals surface area contributed by atoms with Gasteiger partial charge in [0.05, 0.1) is 16.9 Å². The molecule has 164 valence electrons. The molecule has 0 amide bonds. The molecule has 3 aromatic carbocycles. The number of carbonyl (C=O) groups excluding carboxylic acids is 1. The molecule has 2 aliphatic rings. The molecule has 2 aliphatic heterocycles. The molecule has 0 spiro atoms. The first kappa shape index (κ1) is 20.7. The lowest BCUT2D eigenvalue weighted by Gasteiger charge is -2.41. The number of esters is 1. The van der Waals surface area contributed by atoms with E-state index in [-0.39, 0.29) is 5.69 Å². The van der Waals surface area contributed by atoms with Crippen molar-refractivity contribution >= 4 is 11.7 Å². The summed E-state index contributed by atoms with van der Waals surface area (Å²) in [6.07, 6.45) is 1.70. The molecule has 0 saturated carbocycles. The molecule has 33 heavy (non-hydrogen) atoms. The van der Waals surface area contributed by atoms with Crippen molar-refractivity contribution in [1.82, 2.24) is 0 Å². The number of ether oxygens (including phenoxy) is 2. The second kappa shape index (κ2) is 8.06. The highest BCUT2D eigenvalue weighted by Gasteiger charge is 2.46. The van der Waals surface area contributed by atoms with Gasteiger partial charge in [0.15, 0.2) is 5.60 Å². The summed E-state index contributed by atoms with van der Waals surface area (Å²) in [7, 11) is 0. The van der Waals surface area contributed by atoms with Crippen LogP contribution in [0.15, 0.2) is 108 Å². The molecule has 0 radical (unpaired) electrons. The first-order valence-corrected chi connectivity index (χ1v) is 10.6. The molecule has 0 fully saturated rings. The molecule has 1 atom stereocenters. The minimum Gasteiger partial charge on any atom is -0.485 e. The average molecular weight is 439 g/mol. The van der Waals surface area contributed by atoms with E-state index in [0.29, 0.717) is 17.8 Å². The topological polar surface area (TPSA) is 78.7 Å². The predicted octanol–water partition coefficient (Wildman–Crippen LogP) is 5.76. The molecule has 5 rings (SSSR count). The molecule has 1 unspecified atom stereocenters. The summed E-state index contributed by atoms with van der Waals surface area (Å²) in [5, 5.41) is 11.0. The summed E-state index contributed by atoms with van der Waals surface area (Å²) in [6, 6.07) is 25.6. The summed E-state index contributed by atoms with van der Waals surface area (Å²) in [5.41, 5.74) is 2.74. The van der Waals surface area contributed by atoms with Crippen molar-refractivity contribution in [2.75, 3.05) is 0 Å². The maximum atomic E-state index is 13.2. The Morgan fingerprint density at radius 3 is 2.03 bits per heavy atom. The van der Waals surface area contributed by atoms with E-state index in [1.807, 2.05) is 67.6 Å². The largest absolute Gasteiger partial charge is 0.485 e. The van der Waals surface area contributed by atoms with Gasteiger partial charge in [-0.15, -0.1) is 0 Å².